The van der Waals surface area contributed by atoms with Crippen LogP contribution in [0, 0.1) is 0 Å². The maximum atomic E-state index is 13.4. The molecule has 0 aliphatic carbocycles. The van der Waals surface area contributed by atoms with Gasteiger partial charge >= 0.3 is 35.5 Å². The molecule has 0 spiro atoms. The van der Waals surface area contributed by atoms with E-state index in [1.54, 1.807) is 38.1 Å². The summed E-state index contributed by atoms with van der Waals surface area (Å²) in [6, 6.07) is 12.2. The summed E-state index contributed by atoms with van der Waals surface area (Å²) in [6.07, 6.45) is -8.01. The van der Waals surface area contributed by atoms with Crippen molar-refractivity contribution >= 4 is 40.8 Å². The highest BCUT2D eigenvalue weighted by molar-refractivity contribution is 5.93. The van der Waals surface area contributed by atoms with E-state index in [4.69, 9.17) is 42.3 Å². The summed E-state index contributed by atoms with van der Waals surface area (Å²) in [7, 11) is 0. The third-order valence-electron chi connectivity index (χ3n) is 6.55. The van der Waals surface area contributed by atoms with Crippen molar-refractivity contribution < 1.29 is 66.3 Å². The molecule has 0 amide bonds. The third kappa shape index (κ3) is 8.88. The normalized spacial score (nSPS) is 20.4. The Morgan fingerprint density at radius 1 is 0.771 bits per heavy atom. The molecule has 1 aliphatic rings. The van der Waals surface area contributed by atoms with Crippen LogP contribution in [0.2, 0.25) is 0 Å². The summed E-state index contributed by atoms with van der Waals surface area (Å²) in [5, 5.41) is 0.0921. The topological polar surface area (TPSA) is 189 Å². The fourth-order valence-electron chi connectivity index (χ4n) is 4.81. The number of fused-ring (bicyclic) bond motifs is 1. The van der Waals surface area contributed by atoms with Gasteiger partial charge in [-0.3, -0.25) is 19.2 Å². The lowest BCUT2D eigenvalue weighted by Crippen LogP contribution is -2.63. The molecule has 2 heterocycles. The smallest absolute Gasteiger partial charge is 0.383 e. The van der Waals surface area contributed by atoms with Gasteiger partial charge in [0.1, 0.15) is 24.0 Å². The summed E-state index contributed by atoms with van der Waals surface area (Å²) < 4.78 is 50.4. The van der Waals surface area contributed by atoms with Crippen LogP contribution in [-0.4, -0.2) is 73.3 Å². The first-order valence-corrected chi connectivity index (χ1v) is 14.7. The molecule has 48 heavy (non-hydrogen) atoms. The minimum Gasteiger partial charge on any atom is -0.491 e. The average molecular weight is 671 g/mol. The van der Waals surface area contributed by atoms with Crippen LogP contribution >= 0.6 is 0 Å². The highest BCUT2D eigenvalue weighted by atomic mass is 16.7. The number of ether oxygens (including phenoxy) is 8. The monoisotopic (exact) mass is 670 g/mol. The number of esters is 5. The molecule has 0 bridgehead atoms. The van der Waals surface area contributed by atoms with Crippen LogP contribution < -0.4 is 19.8 Å². The maximum Gasteiger partial charge on any atom is 0.383 e. The number of carbonyl (C=O) groups is 5. The molecule has 0 N–H and O–H groups in total. The van der Waals surface area contributed by atoms with Gasteiger partial charge in [-0.25, -0.2) is 9.59 Å². The number of hydrogen-bond donors (Lipinski definition) is 0. The van der Waals surface area contributed by atoms with Crippen molar-refractivity contribution in [3.8, 4) is 17.2 Å². The van der Waals surface area contributed by atoms with E-state index in [0.29, 0.717) is 5.75 Å². The maximum absolute atomic E-state index is 13.4. The second kappa shape index (κ2) is 15.4. The van der Waals surface area contributed by atoms with Gasteiger partial charge in [0, 0.05) is 33.8 Å². The van der Waals surface area contributed by atoms with E-state index in [1.807, 2.05) is 0 Å². The molecular weight excluding hydrogens is 636 g/mol. The molecule has 2 aromatic carbocycles. The van der Waals surface area contributed by atoms with Crippen LogP contribution in [-0.2, 0) is 42.9 Å². The molecule has 1 aromatic heterocycles. The first-order chi connectivity index (χ1) is 22.7. The summed E-state index contributed by atoms with van der Waals surface area (Å²) in [5.74, 6) is -4.95. The van der Waals surface area contributed by atoms with Crippen molar-refractivity contribution in [1.29, 1.82) is 0 Å². The SMILES string of the molecule is CC(=O)OC[C@H]1O[C@@H](Oc2c(OC(=O)c3ccccc3)c(=O)oc3cc(OC(C)C)ccc23)[C@H](OC(C)=O)[C@@H](OC(C)=O)[C@H]1OC(C)=O. The molecule has 4 rings (SSSR count). The molecule has 1 fully saturated rings. The molecule has 3 aromatic rings. The largest absolute Gasteiger partial charge is 0.491 e. The minimum atomic E-state index is -1.75. The Morgan fingerprint density at radius 3 is 2.00 bits per heavy atom. The van der Waals surface area contributed by atoms with Gasteiger partial charge in [0.2, 0.25) is 12.4 Å². The van der Waals surface area contributed by atoms with E-state index in [1.165, 1.54) is 24.3 Å². The molecule has 0 radical (unpaired) electrons. The fraction of sp³-hybridized carbons (Fsp3) is 0.394. The Labute approximate surface area is 273 Å². The van der Waals surface area contributed by atoms with Gasteiger partial charge in [-0.05, 0) is 38.1 Å². The number of benzene rings is 2. The summed E-state index contributed by atoms with van der Waals surface area (Å²) in [6.45, 7) is 7.40. The van der Waals surface area contributed by atoms with Crippen LogP contribution in [0.15, 0.2) is 57.7 Å². The first kappa shape index (κ1) is 35.4. The molecular formula is C33H34O15. The van der Waals surface area contributed by atoms with Crippen LogP contribution in [0.4, 0.5) is 0 Å². The van der Waals surface area contributed by atoms with Crippen molar-refractivity contribution in [2.45, 2.75) is 78.4 Å². The predicted octanol–water partition coefficient (Wildman–Crippen LogP) is 3.26. The first-order valence-electron chi connectivity index (χ1n) is 14.7. The van der Waals surface area contributed by atoms with Gasteiger partial charge in [-0.1, -0.05) is 18.2 Å². The van der Waals surface area contributed by atoms with Crippen LogP contribution in [0.25, 0.3) is 11.0 Å². The van der Waals surface area contributed by atoms with Gasteiger partial charge in [-0.2, -0.15) is 0 Å². The third-order valence-corrected chi connectivity index (χ3v) is 6.55. The summed E-state index contributed by atoms with van der Waals surface area (Å²) in [4.78, 5) is 74.9. The Kier molecular flexibility index (Phi) is 11.4. The van der Waals surface area contributed by atoms with E-state index < -0.39 is 78.5 Å². The number of rotatable bonds is 11. The van der Waals surface area contributed by atoms with Crippen LogP contribution in [0.5, 0.6) is 17.2 Å². The molecule has 15 nitrogen and oxygen atoms in total. The van der Waals surface area contributed by atoms with E-state index in [0.717, 1.165) is 27.7 Å². The van der Waals surface area contributed by atoms with Gasteiger partial charge in [0.25, 0.3) is 5.75 Å². The number of hydrogen-bond acceptors (Lipinski definition) is 15. The van der Waals surface area contributed by atoms with Crippen molar-refractivity contribution in [2.24, 2.45) is 0 Å². The Balaban J connectivity index is 1.89. The predicted molar refractivity (Wildman–Crippen MR) is 162 cm³/mol. The quantitative estimate of drug-likeness (QED) is 0.164. The highest BCUT2D eigenvalue weighted by Crippen LogP contribution is 2.39. The molecule has 5 atom stereocenters. The van der Waals surface area contributed by atoms with Crippen LogP contribution in [0.3, 0.4) is 0 Å². The van der Waals surface area contributed by atoms with Gasteiger partial charge < -0.3 is 42.3 Å². The second-order valence-corrected chi connectivity index (χ2v) is 10.8. The average Bonchev–Trinajstić information content (AvgIpc) is 3.00. The Hall–Kier alpha value is -5.44. The van der Waals surface area contributed by atoms with E-state index in [-0.39, 0.29) is 28.4 Å². The van der Waals surface area contributed by atoms with Gasteiger partial charge in [0.15, 0.2) is 18.0 Å². The van der Waals surface area contributed by atoms with Gasteiger partial charge in [0.05, 0.1) is 17.1 Å². The zero-order valence-corrected chi connectivity index (χ0v) is 26.9. The van der Waals surface area contributed by atoms with Crippen molar-refractivity contribution in [3.63, 3.8) is 0 Å². The highest BCUT2D eigenvalue weighted by Gasteiger charge is 2.53. The van der Waals surface area contributed by atoms with E-state index >= 15 is 0 Å². The molecule has 15 heteroatoms. The fourth-order valence-corrected chi connectivity index (χ4v) is 4.81. The van der Waals surface area contributed by atoms with E-state index in [9.17, 15) is 28.8 Å². The van der Waals surface area contributed by atoms with Crippen molar-refractivity contribution in [2.75, 3.05) is 6.61 Å². The van der Waals surface area contributed by atoms with Gasteiger partial charge in [-0.15, -0.1) is 0 Å². The standard InChI is InChI=1S/C33H34O15/c1-16(2)41-22-12-13-23-24(14-22)45-32(39)29(47-31(38)21-10-8-7-9-11-21)26(23)48-33-30(44-20(6)37)28(43-19(5)36)27(42-18(4)35)25(46-33)15-40-17(3)34/h7-14,16,25,27-28,30,33H,15H2,1-6H3/t25-,27+,28+,30-,33+/m1/s1. The molecule has 0 unspecified atom stereocenters. The molecule has 256 valence electrons. The minimum absolute atomic E-state index is 0.0432. The van der Waals surface area contributed by atoms with Crippen molar-refractivity contribution in [3.05, 3.63) is 64.5 Å². The van der Waals surface area contributed by atoms with Crippen molar-refractivity contribution in [1.82, 2.24) is 0 Å². The Morgan fingerprint density at radius 2 is 1.40 bits per heavy atom. The zero-order valence-electron chi connectivity index (χ0n) is 26.9. The zero-order chi connectivity index (χ0) is 35.1. The number of carbonyl (C=O) groups excluding carboxylic acids is 5. The van der Waals surface area contributed by atoms with E-state index in [2.05, 4.69) is 0 Å². The van der Waals surface area contributed by atoms with Crippen LogP contribution in [0.1, 0.15) is 51.9 Å². The summed E-state index contributed by atoms with van der Waals surface area (Å²) in [5.41, 5.74) is -1.08. The molecule has 1 aliphatic heterocycles. The molecule has 0 saturated carbocycles. The lowest BCUT2D eigenvalue weighted by molar-refractivity contribution is -0.288. The summed E-state index contributed by atoms with van der Waals surface area (Å²) >= 11 is 0. The lowest BCUT2D eigenvalue weighted by Gasteiger charge is -2.44. The Bertz CT molecular complexity index is 1730. The second-order valence-electron chi connectivity index (χ2n) is 10.8. The lowest BCUT2D eigenvalue weighted by atomic mass is 9.98. The molecule has 1 saturated heterocycles.